The van der Waals surface area contributed by atoms with Crippen LogP contribution in [0, 0.1) is 23.7 Å². The minimum Gasteiger partial charge on any atom is -0.483 e. The molecule has 2 aliphatic rings. The Labute approximate surface area is 170 Å². The van der Waals surface area contributed by atoms with Gasteiger partial charge in [-0.25, -0.2) is 4.79 Å². The molecule has 2 atom stereocenters. The van der Waals surface area contributed by atoms with Crippen molar-refractivity contribution in [3.63, 3.8) is 0 Å². The van der Waals surface area contributed by atoms with Gasteiger partial charge in [0.25, 0.3) is 5.91 Å². The minimum atomic E-state index is -0.383. The van der Waals surface area contributed by atoms with E-state index < -0.39 is 0 Å². The van der Waals surface area contributed by atoms with Crippen LogP contribution in [-0.4, -0.2) is 42.2 Å². The van der Waals surface area contributed by atoms with E-state index in [1.54, 1.807) is 0 Å². The molecule has 1 aromatic carbocycles. The molecule has 1 amide bonds. The zero-order valence-corrected chi connectivity index (χ0v) is 17.6. The topological polar surface area (TPSA) is 80.0 Å². The Kier molecular flexibility index (Phi) is 4.73. The standard InChI is InChI=1S/C23H29NO5/c1-5-15-8-20(27)29-17-7-14(2)6-16(21(15)17)28-10-19(26)24-9-18-22(3,4)11-23(18,12-24)13-25/h6-8,18,25H,5,9-13H2,1-4H3/t18-,23-/m1/s1. The number of aliphatic hydroxyl groups is 1. The quantitative estimate of drug-likeness (QED) is 0.782. The molecule has 0 unspecified atom stereocenters. The fourth-order valence-corrected chi connectivity index (χ4v) is 5.62. The molecule has 1 aliphatic carbocycles. The van der Waals surface area contributed by atoms with E-state index in [-0.39, 0.29) is 35.6 Å². The number of aliphatic hydroxyl groups excluding tert-OH is 1. The van der Waals surface area contributed by atoms with Crippen LogP contribution in [-0.2, 0) is 11.2 Å². The number of carbonyl (C=O) groups excluding carboxylic acids is 1. The number of ether oxygens (including phenoxy) is 1. The van der Waals surface area contributed by atoms with Crippen LogP contribution in [0.5, 0.6) is 5.75 Å². The Hall–Kier alpha value is -2.34. The van der Waals surface area contributed by atoms with Gasteiger partial charge in [0.2, 0.25) is 0 Å². The number of amides is 1. The molecule has 1 aliphatic heterocycles. The van der Waals surface area contributed by atoms with Gasteiger partial charge in [-0.15, -0.1) is 0 Å². The second-order valence-electron chi connectivity index (χ2n) is 9.38. The van der Waals surface area contributed by atoms with E-state index in [4.69, 9.17) is 9.15 Å². The van der Waals surface area contributed by atoms with Crippen LogP contribution in [0.2, 0.25) is 0 Å². The van der Waals surface area contributed by atoms with Crippen molar-refractivity contribution in [2.24, 2.45) is 16.7 Å². The Morgan fingerprint density at radius 2 is 2.10 bits per heavy atom. The highest BCUT2D eigenvalue weighted by Gasteiger charge is 2.63. The van der Waals surface area contributed by atoms with Crippen LogP contribution in [0.25, 0.3) is 11.0 Å². The number of hydrogen-bond donors (Lipinski definition) is 1. The zero-order valence-electron chi connectivity index (χ0n) is 17.6. The summed E-state index contributed by atoms with van der Waals surface area (Å²) in [6.45, 7) is 9.58. The lowest BCUT2D eigenvalue weighted by Crippen LogP contribution is -2.54. The molecule has 2 fully saturated rings. The summed E-state index contributed by atoms with van der Waals surface area (Å²) < 4.78 is 11.3. The van der Waals surface area contributed by atoms with Crippen molar-refractivity contribution in [1.82, 2.24) is 4.90 Å². The van der Waals surface area contributed by atoms with Gasteiger partial charge in [0, 0.05) is 24.6 Å². The summed E-state index contributed by atoms with van der Waals surface area (Å²) in [5, 5.41) is 10.7. The summed E-state index contributed by atoms with van der Waals surface area (Å²) >= 11 is 0. The largest absolute Gasteiger partial charge is 0.483 e. The Balaban J connectivity index is 1.55. The van der Waals surface area contributed by atoms with Crippen molar-refractivity contribution in [3.8, 4) is 5.75 Å². The predicted octanol–water partition coefficient (Wildman–Crippen LogP) is 2.91. The van der Waals surface area contributed by atoms with Gasteiger partial charge in [0.15, 0.2) is 6.61 Å². The number of carbonyl (C=O) groups is 1. The molecular formula is C23H29NO5. The normalized spacial score (nSPS) is 25.0. The number of fused-ring (bicyclic) bond motifs is 2. The first-order valence-corrected chi connectivity index (χ1v) is 10.3. The van der Waals surface area contributed by atoms with E-state index in [9.17, 15) is 14.7 Å². The fraction of sp³-hybridized carbons (Fsp3) is 0.565. The summed E-state index contributed by atoms with van der Waals surface area (Å²) in [7, 11) is 0. The van der Waals surface area contributed by atoms with Crippen LogP contribution < -0.4 is 10.4 Å². The van der Waals surface area contributed by atoms with E-state index >= 15 is 0 Å². The van der Waals surface area contributed by atoms with Crippen LogP contribution in [0.3, 0.4) is 0 Å². The summed E-state index contributed by atoms with van der Waals surface area (Å²) in [6.07, 6.45) is 1.60. The average Bonchev–Trinajstić information content (AvgIpc) is 3.00. The van der Waals surface area contributed by atoms with Gasteiger partial charge in [-0.1, -0.05) is 20.8 Å². The second kappa shape index (κ2) is 6.87. The second-order valence-corrected chi connectivity index (χ2v) is 9.38. The first-order valence-electron chi connectivity index (χ1n) is 10.3. The third-order valence-corrected chi connectivity index (χ3v) is 6.83. The molecule has 1 aromatic heterocycles. The van der Waals surface area contributed by atoms with E-state index in [1.165, 1.54) is 6.07 Å². The summed E-state index contributed by atoms with van der Waals surface area (Å²) in [4.78, 5) is 26.5. The number of benzene rings is 1. The molecule has 0 spiro atoms. The summed E-state index contributed by atoms with van der Waals surface area (Å²) in [5.41, 5.74) is 1.84. The highest BCUT2D eigenvalue weighted by Crippen LogP contribution is 2.62. The lowest BCUT2D eigenvalue weighted by molar-refractivity contribution is -0.132. The maximum absolute atomic E-state index is 12.9. The van der Waals surface area contributed by atoms with Crippen LogP contribution >= 0.6 is 0 Å². The van der Waals surface area contributed by atoms with Crippen LogP contribution in [0.1, 0.15) is 38.3 Å². The lowest BCUT2D eigenvalue weighted by atomic mass is 9.48. The Morgan fingerprint density at radius 3 is 2.72 bits per heavy atom. The minimum absolute atomic E-state index is 0.0739. The summed E-state index contributed by atoms with van der Waals surface area (Å²) in [6, 6.07) is 5.17. The van der Waals surface area contributed by atoms with Gasteiger partial charge >= 0.3 is 5.63 Å². The van der Waals surface area contributed by atoms with Crippen molar-refractivity contribution < 1.29 is 19.1 Å². The Morgan fingerprint density at radius 1 is 1.34 bits per heavy atom. The molecule has 1 N–H and O–H groups in total. The predicted molar refractivity (Wildman–Crippen MR) is 110 cm³/mol. The van der Waals surface area contributed by atoms with E-state index in [1.807, 2.05) is 30.9 Å². The molecular weight excluding hydrogens is 370 g/mol. The van der Waals surface area contributed by atoms with Gasteiger partial charge in [-0.2, -0.15) is 0 Å². The molecule has 2 aromatic rings. The Bertz CT molecular complexity index is 1020. The molecule has 29 heavy (non-hydrogen) atoms. The number of hydrogen-bond acceptors (Lipinski definition) is 5. The zero-order chi connectivity index (χ0) is 21.0. The molecule has 6 nitrogen and oxygen atoms in total. The third-order valence-electron chi connectivity index (χ3n) is 6.83. The lowest BCUT2D eigenvalue weighted by Gasteiger charge is -2.55. The molecule has 0 radical (unpaired) electrons. The van der Waals surface area contributed by atoms with Gasteiger partial charge in [-0.3, -0.25) is 4.79 Å². The first-order chi connectivity index (χ1) is 13.7. The van der Waals surface area contributed by atoms with E-state index in [0.717, 1.165) is 22.9 Å². The van der Waals surface area contributed by atoms with Crippen LogP contribution in [0.4, 0.5) is 0 Å². The van der Waals surface area contributed by atoms with Crippen molar-refractivity contribution in [2.45, 2.75) is 40.5 Å². The molecule has 1 saturated heterocycles. The van der Waals surface area contributed by atoms with Crippen molar-refractivity contribution in [3.05, 3.63) is 39.7 Å². The highest BCUT2D eigenvalue weighted by molar-refractivity contribution is 5.88. The molecule has 1 saturated carbocycles. The summed E-state index contributed by atoms with van der Waals surface area (Å²) in [5.74, 6) is 0.811. The van der Waals surface area contributed by atoms with E-state index in [0.29, 0.717) is 36.8 Å². The SMILES string of the molecule is CCc1cc(=O)oc2cc(C)cc(OCC(=O)N3C[C@@H]4C(C)(C)C[C@]4(CO)C3)c12. The molecule has 6 heteroatoms. The van der Waals surface area contributed by atoms with Gasteiger partial charge < -0.3 is 19.2 Å². The number of aryl methyl sites for hydroxylation is 2. The van der Waals surface area contributed by atoms with Gasteiger partial charge in [-0.05, 0) is 54.4 Å². The number of rotatable bonds is 5. The number of likely N-dealkylation sites (tertiary alicyclic amines) is 1. The van der Waals surface area contributed by atoms with Crippen molar-refractivity contribution in [2.75, 3.05) is 26.3 Å². The van der Waals surface area contributed by atoms with Gasteiger partial charge in [0.1, 0.15) is 11.3 Å². The molecule has 0 bridgehead atoms. The monoisotopic (exact) mass is 399 g/mol. The van der Waals surface area contributed by atoms with Gasteiger partial charge in [0.05, 0.1) is 12.0 Å². The first kappa shape index (κ1) is 20.0. The smallest absolute Gasteiger partial charge is 0.336 e. The van der Waals surface area contributed by atoms with Crippen molar-refractivity contribution in [1.29, 1.82) is 0 Å². The molecule has 4 rings (SSSR count). The molecule has 156 valence electrons. The van der Waals surface area contributed by atoms with Crippen molar-refractivity contribution >= 4 is 16.9 Å². The maximum atomic E-state index is 12.9. The highest BCUT2D eigenvalue weighted by atomic mass is 16.5. The van der Waals surface area contributed by atoms with Crippen LogP contribution in [0.15, 0.2) is 27.4 Å². The fourth-order valence-electron chi connectivity index (χ4n) is 5.62. The maximum Gasteiger partial charge on any atom is 0.336 e. The van der Waals surface area contributed by atoms with E-state index in [2.05, 4.69) is 13.8 Å². The number of nitrogens with zero attached hydrogens (tertiary/aromatic N) is 1. The molecule has 2 heterocycles. The third kappa shape index (κ3) is 3.23. The average molecular weight is 399 g/mol.